The van der Waals surface area contributed by atoms with Crippen molar-refractivity contribution in [3.05, 3.63) is 28.3 Å². The lowest BCUT2D eigenvalue weighted by atomic mass is 10.1. The minimum atomic E-state index is -1.08. The number of amides is 1. The Morgan fingerprint density at radius 3 is 2.71 bits per heavy atom. The first-order valence-corrected chi connectivity index (χ1v) is 7.55. The molecule has 114 valence electrons. The van der Waals surface area contributed by atoms with Gasteiger partial charge in [0.15, 0.2) is 0 Å². The number of carbonyl (C=O) groups is 1. The Labute approximate surface area is 128 Å². The number of nitrogens with one attached hydrogen (secondary N) is 1. The lowest BCUT2D eigenvalue weighted by Gasteiger charge is -2.35. The molecule has 2 N–H and O–H groups in total. The van der Waals surface area contributed by atoms with E-state index in [0.717, 1.165) is 30.9 Å². The SMILES string of the molecule is Cc1c(Cl)cc(NC(=O)O)cc1CN1C2CCC1COC2. The average Bonchev–Trinajstić information content (AvgIpc) is 2.65. The Morgan fingerprint density at radius 1 is 1.43 bits per heavy atom. The number of nitrogens with zero attached hydrogens (tertiary/aromatic N) is 1. The largest absolute Gasteiger partial charge is 0.465 e. The summed E-state index contributed by atoms with van der Waals surface area (Å²) in [4.78, 5) is 13.3. The number of ether oxygens (including phenoxy) is 1. The standard InChI is InChI=1S/C15H19ClN2O3/c1-9-10(4-11(5-14(9)16)17-15(19)20)6-18-12-2-3-13(18)8-21-7-12/h4-5,12-13,17H,2-3,6-8H2,1H3,(H,19,20). The van der Waals surface area contributed by atoms with Gasteiger partial charge in [0, 0.05) is 29.3 Å². The van der Waals surface area contributed by atoms with Crippen molar-refractivity contribution in [2.45, 2.75) is 38.4 Å². The fourth-order valence-corrected chi connectivity index (χ4v) is 3.50. The Hall–Kier alpha value is -1.30. The Bertz CT molecular complexity index is 548. The molecule has 2 aliphatic heterocycles. The maximum absolute atomic E-state index is 10.8. The molecule has 1 amide bonds. The number of morpholine rings is 1. The quantitative estimate of drug-likeness (QED) is 0.900. The minimum Gasteiger partial charge on any atom is -0.465 e. The minimum absolute atomic E-state index is 0.470. The molecule has 0 saturated carbocycles. The van der Waals surface area contributed by atoms with Crippen LogP contribution in [0.15, 0.2) is 12.1 Å². The third kappa shape index (κ3) is 3.00. The predicted molar refractivity (Wildman–Crippen MR) is 81.0 cm³/mol. The molecule has 6 heteroatoms. The van der Waals surface area contributed by atoms with Crippen LogP contribution in [0.25, 0.3) is 0 Å². The van der Waals surface area contributed by atoms with E-state index < -0.39 is 6.09 Å². The summed E-state index contributed by atoms with van der Waals surface area (Å²) in [7, 11) is 0. The first-order chi connectivity index (χ1) is 10.0. The zero-order chi connectivity index (χ0) is 15.0. The summed E-state index contributed by atoms with van der Waals surface area (Å²) in [5.41, 5.74) is 2.61. The first-order valence-electron chi connectivity index (χ1n) is 7.17. The van der Waals surface area contributed by atoms with Crippen molar-refractivity contribution in [2.24, 2.45) is 0 Å². The Morgan fingerprint density at radius 2 is 2.10 bits per heavy atom. The summed E-state index contributed by atoms with van der Waals surface area (Å²) in [6.07, 6.45) is 1.27. The second kappa shape index (κ2) is 5.83. The molecule has 0 spiro atoms. The highest BCUT2D eigenvalue weighted by atomic mass is 35.5. The zero-order valence-corrected chi connectivity index (χ0v) is 12.7. The molecule has 2 saturated heterocycles. The molecular weight excluding hydrogens is 292 g/mol. The highest BCUT2D eigenvalue weighted by molar-refractivity contribution is 6.31. The number of halogens is 1. The molecular formula is C15H19ClN2O3. The fraction of sp³-hybridized carbons (Fsp3) is 0.533. The van der Waals surface area contributed by atoms with Crippen LogP contribution in [0.5, 0.6) is 0 Å². The van der Waals surface area contributed by atoms with Crippen LogP contribution in [0.4, 0.5) is 10.5 Å². The monoisotopic (exact) mass is 310 g/mol. The molecule has 2 aliphatic rings. The van der Waals surface area contributed by atoms with Crippen molar-refractivity contribution in [1.29, 1.82) is 0 Å². The molecule has 5 nitrogen and oxygen atoms in total. The number of hydrogen-bond acceptors (Lipinski definition) is 3. The van der Waals surface area contributed by atoms with E-state index in [9.17, 15) is 4.79 Å². The van der Waals surface area contributed by atoms with E-state index in [4.69, 9.17) is 21.4 Å². The topological polar surface area (TPSA) is 61.8 Å². The van der Waals surface area contributed by atoms with Crippen LogP contribution in [0, 0.1) is 6.92 Å². The van der Waals surface area contributed by atoms with Crippen LogP contribution in [0.2, 0.25) is 5.02 Å². The summed E-state index contributed by atoms with van der Waals surface area (Å²) in [6.45, 7) is 4.34. The van der Waals surface area contributed by atoms with E-state index in [-0.39, 0.29) is 0 Å². The summed E-state index contributed by atoms with van der Waals surface area (Å²) < 4.78 is 5.60. The van der Waals surface area contributed by atoms with E-state index >= 15 is 0 Å². The predicted octanol–water partition coefficient (Wildman–Crippen LogP) is 3.10. The van der Waals surface area contributed by atoms with Gasteiger partial charge in [-0.1, -0.05) is 11.6 Å². The van der Waals surface area contributed by atoms with E-state index in [1.54, 1.807) is 6.07 Å². The molecule has 21 heavy (non-hydrogen) atoms. The van der Waals surface area contributed by atoms with Gasteiger partial charge < -0.3 is 9.84 Å². The summed E-state index contributed by atoms with van der Waals surface area (Å²) in [5, 5.41) is 11.8. The van der Waals surface area contributed by atoms with Crippen LogP contribution in [0.1, 0.15) is 24.0 Å². The smallest absolute Gasteiger partial charge is 0.409 e. The number of benzene rings is 1. The molecule has 2 atom stereocenters. The van der Waals surface area contributed by atoms with Crippen LogP contribution < -0.4 is 5.32 Å². The fourth-order valence-electron chi connectivity index (χ4n) is 3.26. The normalized spacial score (nSPS) is 25.0. The van der Waals surface area contributed by atoms with Gasteiger partial charge in [0.1, 0.15) is 0 Å². The maximum atomic E-state index is 10.8. The number of carboxylic acid groups (broad SMARTS) is 1. The zero-order valence-electron chi connectivity index (χ0n) is 11.9. The van der Waals surface area contributed by atoms with Gasteiger partial charge in [-0.05, 0) is 43.0 Å². The molecule has 0 radical (unpaired) electrons. The third-order valence-corrected chi connectivity index (χ3v) is 4.84. The Kier molecular flexibility index (Phi) is 4.06. The van der Waals surface area contributed by atoms with Gasteiger partial charge in [-0.2, -0.15) is 0 Å². The summed E-state index contributed by atoms with van der Waals surface area (Å²) in [6, 6.07) is 4.48. The van der Waals surface area contributed by atoms with Gasteiger partial charge in [-0.25, -0.2) is 4.79 Å². The molecule has 2 fully saturated rings. The van der Waals surface area contributed by atoms with Crippen molar-refractivity contribution in [3.63, 3.8) is 0 Å². The highest BCUT2D eigenvalue weighted by Crippen LogP contribution is 2.33. The molecule has 0 aliphatic carbocycles. The second-order valence-corrected chi connectivity index (χ2v) is 6.17. The van der Waals surface area contributed by atoms with E-state index in [1.807, 2.05) is 13.0 Å². The molecule has 3 rings (SSSR count). The summed E-state index contributed by atoms with van der Waals surface area (Å²) >= 11 is 6.23. The number of rotatable bonds is 3. The lowest BCUT2D eigenvalue weighted by molar-refractivity contribution is -0.0187. The van der Waals surface area contributed by atoms with E-state index in [0.29, 0.717) is 22.8 Å². The van der Waals surface area contributed by atoms with Crippen molar-refractivity contribution in [2.75, 3.05) is 18.5 Å². The molecule has 2 bridgehead atoms. The first kappa shape index (κ1) is 14.6. The number of fused-ring (bicyclic) bond motifs is 2. The van der Waals surface area contributed by atoms with Gasteiger partial charge in [0.2, 0.25) is 0 Å². The van der Waals surface area contributed by atoms with E-state index in [2.05, 4.69) is 10.2 Å². The van der Waals surface area contributed by atoms with Gasteiger partial charge >= 0.3 is 6.09 Å². The third-order valence-electron chi connectivity index (χ3n) is 4.45. The maximum Gasteiger partial charge on any atom is 0.409 e. The highest BCUT2D eigenvalue weighted by Gasteiger charge is 2.37. The van der Waals surface area contributed by atoms with Crippen molar-refractivity contribution >= 4 is 23.4 Å². The molecule has 1 aromatic rings. The number of anilines is 1. The van der Waals surface area contributed by atoms with Crippen LogP contribution in [0.3, 0.4) is 0 Å². The van der Waals surface area contributed by atoms with E-state index in [1.165, 1.54) is 12.8 Å². The van der Waals surface area contributed by atoms with Crippen molar-refractivity contribution in [1.82, 2.24) is 4.90 Å². The van der Waals surface area contributed by atoms with Crippen molar-refractivity contribution < 1.29 is 14.6 Å². The van der Waals surface area contributed by atoms with Crippen molar-refractivity contribution in [3.8, 4) is 0 Å². The van der Waals surface area contributed by atoms with Gasteiger partial charge in [-0.15, -0.1) is 0 Å². The lowest BCUT2D eigenvalue weighted by Crippen LogP contribution is -2.45. The molecule has 0 aromatic heterocycles. The summed E-state index contributed by atoms with van der Waals surface area (Å²) in [5.74, 6) is 0. The van der Waals surface area contributed by atoms with Crippen LogP contribution in [-0.2, 0) is 11.3 Å². The van der Waals surface area contributed by atoms with Crippen LogP contribution in [-0.4, -0.2) is 41.4 Å². The van der Waals surface area contributed by atoms with Gasteiger partial charge in [0.25, 0.3) is 0 Å². The van der Waals surface area contributed by atoms with Gasteiger partial charge in [0.05, 0.1) is 13.2 Å². The molecule has 2 heterocycles. The van der Waals surface area contributed by atoms with Crippen LogP contribution >= 0.6 is 11.6 Å². The van der Waals surface area contributed by atoms with Gasteiger partial charge in [-0.3, -0.25) is 10.2 Å². The molecule has 1 aromatic carbocycles. The Balaban J connectivity index is 1.84. The molecule has 2 unspecified atom stereocenters. The second-order valence-electron chi connectivity index (χ2n) is 5.77. The number of hydrogen-bond donors (Lipinski definition) is 2. The average molecular weight is 311 g/mol.